The van der Waals surface area contributed by atoms with Crippen LogP contribution in [0.15, 0.2) is 78.0 Å². The highest BCUT2D eigenvalue weighted by atomic mass is 35.5. The summed E-state index contributed by atoms with van der Waals surface area (Å²) >= 11 is 7.11. The highest BCUT2D eigenvalue weighted by Gasteiger charge is 2.16. The second-order valence-corrected chi connectivity index (χ2v) is 8.25. The van der Waals surface area contributed by atoms with Gasteiger partial charge in [-0.05, 0) is 60.7 Å². The van der Waals surface area contributed by atoms with E-state index in [-0.39, 0.29) is 29.9 Å². The van der Waals surface area contributed by atoms with Crippen molar-refractivity contribution in [1.29, 1.82) is 0 Å². The van der Waals surface area contributed by atoms with Gasteiger partial charge >= 0.3 is 0 Å². The molecule has 0 saturated heterocycles. The molecule has 1 heterocycles. The van der Waals surface area contributed by atoms with Crippen molar-refractivity contribution in [2.45, 2.75) is 11.7 Å². The second kappa shape index (κ2) is 9.84. The Morgan fingerprint density at radius 1 is 0.906 bits per heavy atom. The lowest BCUT2D eigenvalue weighted by Gasteiger charge is -2.10. The lowest BCUT2D eigenvalue weighted by molar-refractivity contribution is -0.117. The van der Waals surface area contributed by atoms with Crippen LogP contribution in [0.3, 0.4) is 0 Å². The number of halogens is 2. The van der Waals surface area contributed by atoms with Crippen molar-refractivity contribution in [1.82, 2.24) is 9.55 Å². The zero-order valence-corrected chi connectivity index (χ0v) is 18.3. The highest BCUT2D eigenvalue weighted by Crippen LogP contribution is 2.25. The Hall–Kier alpha value is -3.36. The van der Waals surface area contributed by atoms with Crippen LogP contribution in [-0.4, -0.2) is 27.1 Å². The standard InChI is InChI=1S/C23H18ClFN4O2S/c24-15-5-9-17(10-6-15)26-21(30)13-29-20-4-2-1-3-19(20)28-23(29)32-14-22(31)27-18-11-7-16(25)8-12-18/h1-12H,13-14H2,(H,26,30)(H,27,31). The topological polar surface area (TPSA) is 76.0 Å². The van der Waals surface area contributed by atoms with Gasteiger partial charge in [0.15, 0.2) is 5.16 Å². The Balaban J connectivity index is 1.47. The van der Waals surface area contributed by atoms with E-state index in [1.165, 1.54) is 36.0 Å². The van der Waals surface area contributed by atoms with E-state index in [0.717, 1.165) is 11.0 Å². The Morgan fingerprint density at radius 3 is 2.25 bits per heavy atom. The molecule has 0 unspecified atom stereocenters. The first-order valence-corrected chi connectivity index (χ1v) is 11.0. The van der Waals surface area contributed by atoms with Crippen LogP contribution >= 0.6 is 23.4 Å². The van der Waals surface area contributed by atoms with Crippen LogP contribution in [0, 0.1) is 5.82 Å². The third-order valence-electron chi connectivity index (χ3n) is 4.51. The number of thioether (sulfide) groups is 1. The van der Waals surface area contributed by atoms with Gasteiger partial charge in [-0.15, -0.1) is 0 Å². The molecule has 4 rings (SSSR count). The summed E-state index contributed by atoms with van der Waals surface area (Å²) in [6.45, 7) is 0.0328. The Labute approximate surface area is 192 Å². The predicted molar refractivity (Wildman–Crippen MR) is 126 cm³/mol. The zero-order valence-electron chi connectivity index (χ0n) is 16.7. The maximum absolute atomic E-state index is 13.0. The third-order valence-corrected chi connectivity index (χ3v) is 5.74. The van der Waals surface area contributed by atoms with E-state index < -0.39 is 0 Å². The summed E-state index contributed by atoms with van der Waals surface area (Å²) in [5.41, 5.74) is 2.66. The van der Waals surface area contributed by atoms with Gasteiger partial charge in [0.25, 0.3) is 0 Å². The number of carbonyl (C=O) groups excluding carboxylic acids is 2. The van der Waals surface area contributed by atoms with Crippen LogP contribution in [-0.2, 0) is 16.1 Å². The minimum absolute atomic E-state index is 0.0328. The van der Waals surface area contributed by atoms with Crippen molar-refractivity contribution in [2.24, 2.45) is 0 Å². The molecule has 162 valence electrons. The lowest BCUT2D eigenvalue weighted by Crippen LogP contribution is -2.20. The fourth-order valence-electron chi connectivity index (χ4n) is 3.05. The summed E-state index contributed by atoms with van der Waals surface area (Å²) < 4.78 is 14.8. The Bertz CT molecular complexity index is 1260. The third kappa shape index (κ3) is 5.46. The van der Waals surface area contributed by atoms with Crippen molar-refractivity contribution in [3.05, 3.63) is 83.6 Å². The molecule has 2 amide bonds. The van der Waals surface area contributed by atoms with Gasteiger partial charge in [-0.2, -0.15) is 0 Å². The smallest absolute Gasteiger partial charge is 0.244 e. The maximum Gasteiger partial charge on any atom is 0.244 e. The van der Waals surface area contributed by atoms with Crippen LogP contribution < -0.4 is 10.6 Å². The van der Waals surface area contributed by atoms with E-state index in [4.69, 9.17) is 11.6 Å². The summed E-state index contributed by atoms with van der Waals surface area (Å²) in [7, 11) is 0. The minimum atomic E-state index is -0.372. The van der Waals surface area contributed by atoms with E-state index in [9.17, 15) is 14.0 Å². The normalized spacial score (nSPS) is 10.8. The number of carbonyl (C=O) groups is 2. The van der Waals surface area contributed by atoms with Gasteiger partial charge in [-0.1, -0.05) is 35.5 Å². The highest BCUT2D eigenvalue weighted by molar-refractivity contribution is 7.99. The number of benzene rings is 3. The number of amides is 2. The molecule has 0 radical (unpaired) electrons. The summed E-state index contributed by atoms with van der Waals surface area (Å²) in [5, 5.41) is 6.69. The van der Waals surface area contributed by atoms with Gasteiger partial charge in [0.1, 0.15) is 12.4 Å². The molecule has 1 aromatic heterocycles. The SMILES string of the molecule is O=C(CSc1nc2ccccc2n1CC(=O)Nc1ccc(Cl)cc1)Nc1ccc(F)cc1. The minimum Gasteiger partial charge on any atom is -0.325 e. The summed E-state index contributed by atoms with van der Waals surface area (Å²) in [5.74, 6) is -0.777. The molecule has 0 saturated carbocycles. The van der Waals surface area contributed by atoms with Crippen LogP contribution in [0.4, 0.5) is 15.8 Å². The van der Waals surface area contributed by atoms with Crippen molar-refractivity contribution >= 4 is 57.6 Å². The number of hydrogen-bond acceptors (Lipinski definition) is 4. The van der Waals surface area contributed by atoms with E-state index in [1.807, 2.05) is 24.3 Å². The molecule has 0 atom stereocenters. The number of rotatable bonds is 7. The summed E-state index contributed by atoms with van der Waals surface area (Å²) in [4.78, 5) is 29.6. The number of fused-ring (bicyclic) bond motifs is 1. The molecular formula is C23H18ClFN4O2S. The van der Waals surface area contributed by atoms with E-state index >= 15 is 0 Å². The molecule has 0 fully saturated rings. The fraction of sp³-hybridized carbons (Fsp3) is 0.0870. The van der Waals surface area contributed by atoms with Crippen LogP contribution in [0.1, 0.15) is 0 Å². The molecule has 0 aliphatic rings. The van der Waals surface area contributed by atoms with Gasteiger partial charge < -0.3 is 15.2 Å². The van der Waals surface area contributed by atoms with Crippen molar-refractivity contribution in [2.75, 3.05) is 16.4 Å². The quantitative estimate of drug-likeness (QED) is 0.365. The number of aromatic nitrogens is 2. The molecule has 0 spiro atoms. The maximum atomic E-state index is 13.0. The van der Waals surface area contributed by atoms with Crippen molar-refractivity contribution < 1.29 is 14.0 Å². The molecule has 0 aliphatic carbocycles. The van der Waals surface area contributed by atoms with Crippen molar-refractivity contribution in [3.63, 3.8) is 0 Å². The van der Waals surface area contributed by atoms with E-state index in [0.29, 0.717) is 21.6 Å². The van der Waals surface area contributed by atoms with E-state index in [2.05, 4.69) is 15.6 Å². The molecule has 2 N–H and O–H groups in total. The molecule has 3 aromatic carbocycles. The molecule has 9 heteroatoms. The van der Waals surface area contributed by atoms with Gasteiger partial charge in [0, 0.05) is 16.4 Å². The average Bonchev–Trinajstić information content (AvgIpc) is 3.13. The van der Waals surface area contributed by atoms with E-state index in [1.54, 1.807) is 28.8 Å². The number of nitrogens with zero attached hydrogens (tertiary/aromatic N) is 2. The summed E-state index contributed by atoms with van der Waals surface area (Å²) in [6, 6.07) is 19.9. The predicted octanol–water partition coefficient (Wildman–Crippen LogP) is 5.20. The monoisotopic (exact) mass is 468 g/mol. The number of imidazole rings is 1. The van der Waals surface area contributed by atoms with Gasteiger partial charge in [0.2, 0.25) is 11.8 Å². The molecular weight excluding hydrogens is 451 g/mol. The Kier molecular flexibility index (Phi) is 6.72. The molecule has 0 aliphatic heterocycles. The number of nitrogens with one attached hydrogen (secondary N) is 2. The second-order valence-electron chi connectivity index (χ2n) is 6.87. The van der Waals surface area contributed by atoms with Gasteiger partial charge in [-0.25, -0.2) is 9.37 Å². The number of hydrogen-bond donors (Lipinski definition) is 2. The van der Waals surface area contributed by atoms with Crippen LogP contribution in [0.2, 0.25) is 5.02 Å². The molecule has 4 aromatic rings. The Morgan fingerprint density at radius 2 is 1.53 bits per heavy atom. The molecule has 6 nitrogen and oxygen atoms in total. The first kappa shape index (κ1) is 21.9. The lowest BCUT2D eigenvalue weighted by atomic mass is 10.3. The zero-order chi connectivity index (χ0) is 22.5. The van der Waals surface area contributed by atoms with Crippen molar-refractivity contribution in [3.8, 4) is 0 Å². The van der Waals surface area contributed by atoms with Gasteiger partial charge in [0.05, 0.1) is 16.8 Å². The molecule has 0 bridgehead atoms. The number of anilines is 2. The van der Waals surface area contributed by atoms with Gasteiger partial charge in [-0.3, -0.25) is 9.59 Å². The first-order valence-electron chi connectivity index (χ1n) is 9.67. The van der Waals surface area contributed by atoms with Crippen LogP contribution in [0.5, 0.6) is 0 Å². The average molecular weight is 469 g/mol. The number of para-hydroxylation sites is 2. The fourth-order valence-corrected chi connectivity index (χ4v) is 3.99. The largest absolute Gasteiger partial charge is 0.325 e. The van der Waals surface area contributed by atoms with Crippen LogP contribution in [0.25, 0.3) is 11.0 Å². The summed E-state index contributed by atoms with van der Waals surface area (Å²) in [6.07, 6.45) is 0. The molecule has 32 heavy (non-hydrogen) atoms. The first-order chi connectivity index (χ1) is 15.5.